The van der Waals surface area contributed by atoms with Crippen LogP contribution in [0.5, 0.6) is 5.75 Å². The lowest BCUT2D eigenvalue weighted by Crippen LogP contribution is -2.20. The lowest BCUT2D eigenvalue weighted by molar-refractivity contribution is -0.274. The van der Waals surface area contributed by atoms with Crippen LogP contribution in [0.25, 0.3) is 0 Å². The summed E-state index contributed by atoms with van der Waals surface area (Å²) in [5.41, 5.74) is 0.837. The van der Waals surface area contributed by atoms with Crippen molar-refractivity contribution in [3.8, 4) is 11.8 Å². The van der Waals surface area contributed by atoms with Crippen molar-refractivity contribution in [2.45, 2.75) is 38.5 Å². The van der Waals surface area contributed by atoms with Crippen LogP contribution in [-0.2, 0) is 17.6 Å². The van der Waals surface area contributed by atoms with Gasteiger partial charge in [-0.25, -0.2) is 0 Å². The number of nitrogens with zero attached hydrogens (tertiary/aromatic N) is 3. The molecule has 0 saturated heterocycles. The zero-order chi connectivity index (χ0) is 19.7. The molecule has 0 spiro atoms. The monoisotopic (exact) mass is 378 g/mol. The number of amides is 1. The van der Waals surface area contributed by atoms with Crippen molar-refractivity contribution in [2.24, 2.45) is 0 Å². The van der Waals surface area contributed by atoms with E-state index < -0.39 is 18.0 Å². The number of rotatable bonds is 8. The van der Waals surface area contributed by atoms with Crippen LogP contribution in [0.3, 0.4) is 0 Å². The second-order valence-electron chi connectivity index (χ2n) is 5.66. The minimum absolute atomic E-state index is 0.106. The van der Waals surface area contributed by atoms with Gasteiger partial charge in [0.2, 0.25) is 5.91 Å². The zero-order valence-corrected chi connectivity index (χ0v) is 14.3. The number of unbranched alkanes of at least 4 members (excludes halogenated alkanes) is 2. The summed E-state index contributed by atoms with van der Waals surface area (Å²) in [6.45, 7) is 0. The van der Waals surface area contributed by atoms with Crippen molar-refractivity contribution in [1.29, 1.82) is 5.26 Å². The first kappa shape index (κ1) is 20.2. The van der Waals surface area contributed by atoms with Gasteiger partial charge in [0.25, 0.3) is 0 Å². The van der Waals surface area contributed by atoms with Crippen molar-refractivity contribution in [1.82, 2.24) is 10.2 Å². The number of benzene rings is 1. The largest absolute Gasteiger partial charge is 0.573 e. The summed E-state index contributed by atoms with van der Waals surface area (Å²) in [5.74, 6) is -0.752. The van der Waals surface area contributed by atoms with Crippen LogP contribution in [-0.4, -0.2) is 22.5 Å². The normalized spacial score (nSPS) is 10.9. The van der Waals surface area contributed by atoms with Crippen LogP contribution in [0.4, 0.5) is 19.0 Å². The summed E-state index contributed by atoms with van der Waals surface area (Å²) >= 11 is 0. The van der Waals surface area contributed by atoms with Gasteiger partial charge in [0.1, 0.15) is 5.75 Å². The van der Waals surface area contributed by atoms with Gasteiger partial charge in [0.05, 0.1) is 18.2 Å². The number of ether oxygens (including phenoxy) is 1. The van der Waals surface area contributed by atoms with Crippen LogP contribution in [0, 0.1) is 11.3 Å². The number of para-hydroxylation sites is 1. The third kappa shape index (κ3) is 7.32. The number of hydrogen-bond donors (Lipinski definition) is 1. The topological polar surface area (TPSA) is 87.9 Å². The number of hydrogen-bond acceptors (Lipinski definition) is 5. The van der Waals surface area contributed by atoms with Gasteiger partial charge >= 0.3 is 6.36 Å². The Bertz CT molecular complexity index is 801. The van der Waals surface area contributed by atoms with E-state index in [-0.39, 0.29) is 17.8 Å². The average Bonchev–Trinajstić information content (AvgIpc) is 2.60. The molecule has 1 aromatic heterocycles. The Kier molecular flexibility index (Phi) is 7.11. The van der Waals surface area contributed by atoms with Gasteiger partial charge < -0.3 is 10.1 Å². The molecule has 1 N–H and O–H groups in total. The molecule has 142 valence electrons. The van der Waals surface area contributed by atoms with E-state index in [2.05, 4.69) is 26.3 Å². The van der Waals surface area contributed by atoms with Crippen LogP contribution in [0.15, 0.2) is 36.4 Å². The molecule has 0 atom stereocenters. The quantitative estimate of drug-likeness (QED) is 0.706. The number of aromatic nitrogens is 2. The van der Waals surface area contributed by atoms with E-state index in [0.717, 1.165) is 24.6 Å². The Labute approximate surface area is 154 Å². The molecule has 0 fully saturated rings. The Morgan fingerprint density at radius 3 is 2.59 bits per heavy atom. The molecule has 27 heavy (non-hydrogen) atoms. The number of carbonyl (C=O) groups is 1. The smallest absolute Gasteiger partial charge is 0.405 e. The molecule has 0 bridgehead atoms. The van der Waals surface area contributed by atoms with E-state index in [1.165, 1.54) is 18.2 Å². The molecule has 0 aliphatic heterocycles. The highest BCUT2D eigenvalue weighted by Crippen LogP contribution is 2.26. The number of nitriles is 1. The van der Waals surface area contributed by atoms with Gasteiger partial charge in [-0.05, 0) is 37.5 Å². The highest BCUT2D eigenvalue weighted by molar-refractivity contribution is 5.91. The Morgan fingerprint density at radius 1 is 1.15 bits per heavy atom. The lowest BCUT2D eigenvalue weighted by atomic mass is 10.1. The van der Waals surface area contributed by atoms with E-state index in [9.17, 15) is 18.0 Å². The lowest BCUT2D eigenvalue weighted by Gasteiger charge is -2.13. The van der Waals surface area contributed by atoms with Crippen LogP contribution in [0.1, 0.15) is 30.5 Å². The third-order valence-corrected chi connectivity index (χ3v) is 3.51. The van der Waals surface area contributed by atoms with Gasteiger partial charge in [0.15, 0.2) is 5.82 Å². The van der Waals surface area contributed by atoms with Gasteiger partial charge in [0, 0.05) is 12.0 Å². The molecule has 1 heterocycles. The predicted molar refractivity (Wildman–Crippen MR) is 90.7 cm³/mol. The molecule has 9 heteroatoms. The zero-order valence-electron chi connectivity index (χ0n) is 14.3. The number of alkyl halides is 3. The second-order valence-corrected chi connectivity index (χ2v) is 5.66. The summed E-state index contributed by atoms with van der Waals surface area (Å²) in [7, 11) is 0. The molecule has 0 saturated carbocycles. The second kappa shape index (κ2) is 9.52. The first-order valence-corrected chi connectivity index (χ1v) is 8.20. The summed E-state index contributed by atoms with van der Waals surface area (Å²) < 4.78 is 41.2. The van der Waals surface area contributed by atoms with E-state index in [1.807, 2.05) is 0 Å². The minimum atomic E-state index is -4.83. The maximum absolute atomic E-state index is 12.4. The third-order valence-electron chi connectivity index (χ3n) is 3.51. The van der Waals surface area contributed by atoms with E-state index in [4.69, 9.17) is 5.26 Å². The molecule has 0 radical (unpaired) electrons. The fourth-order valence-corrected chi connectivity index (χ4v) is 2.30. The predicted octanol–water partition coefficient (Wildman–Crippen LogP) is 3.79. The number of anilines is 1. The van der Waals surface area contributed by atoms with Crippen molar-refractivity contribution in [3.63, 3.8) is 0 Å². The van der Waals surface area contributed by atoms with Gasteiger partial charge in [-0.3, -0.25) is 4.79 Å². The molecule has 0 unspecified atom stereocenters. The fourth-order valence-electron chi connectivity index (χ4n) is 2.30. The maximum atomic E-state index is 12.4. The number of carbonyl (C=O) groups excluding carboxylic acids is 1. The van der Waals surface area contributed by atoms with E-state index in [1.54, 1.807) is 12.1 Å². The SMILES string of the molecule is N#CCCCCc1ccc(NC(=O)Cc2ccccc2OC(F)(F)F)nn1. The van der Waals surface area contributed by atoms with Crippen molar-refractivity contribution in [2.75, 3.05) is 5.32 Å². The number of nitrogens with one attached hydrogen (secondary N) is 1. The van der Waals surface area contributed by atoms with E-state index >= 15 is 0 Å². The van der Waals surface area contributed by atoms with Gasteiger partial charge in [-0.15, -0.1) is 18.3 Å². The van der Waals surface area contributed by atoms with E-state index in [0.29, 0.717) is 12.8 Å². The summed E-state index contributed by atoms with van der Waals surface area (Å²) in [6.07, 6.45) is -2.39. The average molecular weight is 378 g/mol. The minimum Gasteiger partial charge on any atom is -0.405 e. The highest BCUT2D eigenvalue weighted by atomic mass is 19.4. The molecular formula is C18H17F3N4O2. The summed E-state index contributed by atoms with van der Waals surface area (Å²) in [4.78, 5) is 12.1. The molecule has 0 aliphatic rings. The Morgan fingerprint density at radius 2 is 1.93 bits per heavy atom. The van der Waals surface area contributed by atoms with Crippen LogP contribution in [0.2, 0.25) is 0 Å². The summed E-state index contributed by atoms with van der Waals surface area (Å²) in [6, 6.07) is 10.8. The van der Waals surface area contributed by atoms with Crippen molar-refractivity contribution < 1.29 is 22.7 Å². The molecule has 6 nitrogen and oxygen atoms in total. The standard InChI is InChI=1S/C18H17F3N4O2/c19-18(20,21)27-15-8-4-3-6-13(15)12-17(26)23-16-10-9-14(24-25-16)7-2-1-5-11-22/h3-4,6,8-10H,1-2,5,7,12H2,(H,23,25,26). The van der Waals surface area contributed by atoms with Crippen LogP contribution < -0.4 is 10.1 Å². The number of halogens is 3. The van der Waals surface area contributed by atoms with Crippen molar-refractivity contribution in [3.05, 3.63) is 47.7 Å². The highest BCUT2D eigenvalue weighted by Gasteiger charge is 2.32. The molecule has 1 amide bonds. The van der Waals surface area contributed by atoms with Crippen LogP contribution >= 0.6 is 0 Å². The molecule has 2 aromatic rings. The molecular weight excluding hydrogens is 361 g/mol. The van der Waals surface area contributed by atoms with Gasteiger partial charge in [-0.2, -0.15) is 10.4 Å². The number of aryl methyl sites for hydroxylation is 1. The Hall–Kier alpha value is -3.15. The molecule has 2 rings (SSSR count). The molecule has 1 aromatic carbocycles. The van der Waals surface area contributed by atoms with Gasteiger partial charge in [-0.1, -0.05) is 18.2 Å². The molecule has 0 aliphatic carbocycles. The van der Waals surface area contributed by atoms with Crippen molar-refractivity contribution >= 4 is 11.7 Å². The first-order chi connectivity index (χ1) is 12.9. The Balaban J connectivity index is 1.92. The first-order valence-electron chi connectivity index (χ1n) is 8.20. The summed E-state index contributed by atoms with van der Waals surface area (Å²) in [5, 5.41) is 18.8. The fraction of sp³-hybridized carbons (Fsp3) is 0.333. The maximum Gasteiger partial charge on any atom is 0.573 e.